The van der Waals surface area contributed by atoms with E-state index in [1.807, 2.05) is 45.2 Å². The first-order valence-corrected chi connectivity index (χ1v) is 24.5. The van der Waals surface area contributed by atoms with Crippen LogP contribution in [0, 0.1) is 13.1 Å². The van der Waals surface area contributed by atoms with E-state index in [1.165, 1.54) is 43.2 Å². The third-order valence-corrected chi connectivity index (χ3v) is 12.3. The van der Waals surface area contributed by atoms with Gasteiger partial charge in [-0.3, -0.25) is 24.5 Å². The molecule has 4 aromatic heterocycles. The minimum atomic E-state index is -2.11. The maximum atomic E-state index is 12.3. The van der Waals surface area contributed by atoms with Gasteiger partial charge in [-0.05, 0) is 109 Å². The molecule has 0 bridgehead atoms. The Morgan fingerprint density at radius 2 is 1.22 bits per heavy atom. The summed E-state index contributed by atoms with van der Waals surface area (Å²) in [6, 6.07) is 6.67. The van der Waals surface area contributed by atoms with Crippen molar-refractivity contribution in [1.82, 2.24) is 19.9 Å². The third-order valence-electron chi connectivity index (χ3n) is 6.39. The summed E-state index contributed by atoms with van der Waals surface area (Å²) in [4.78, 5) is 37.9. The van der Waals surface area contributed by atoms with Gasteiger partial charge < -0.3 is 50.1 Å². The average Bonchev–Trinajstić information content (AvgIpc) is 3.88. The number of pyridine rings is 4. The maximum absolute atomic E-state index is 12.3. The molecule has 5 rings (SSSR count). The maximum Gasteiger partial charge on any atom is 1.00 e. The Morgan fingerprint density at radius 3 is 1.64 bits per heavy atom. The molecule has 0 unspecified atom stereocenters. The number of thiol groups is 1. The molecule has 0 amide bonds. The second-order valence-corrected chi connectivity index (χ2v) is 16.8. The van der Waals surface area contributed by atoms with Crippen LogP contribution in [0.4, 0.5) is 4.39 Å². The number of aryl methyl sites for hydroxylation is 3. The van der Waals surface area contributed by atoms with Crippen LogP contribution >= 0.6 is 116 Å². The minimum absolute atomic E-state index is 0. The normalized spacial score (nSPS) is 13.4. The molecule has 3 N–H and O–H groups in total. The predicted molar refractivity (Wildman–Crippen MR) is 283 cm³/mol. The number of thioether (sulfide) groups is 1. The number of ether oxygens (including phenoxy) is 3. The van der Waals surface area contributed by atoms with E-state index in [1.54, 1.807) is 51.2 Å². The van der Waals surface area contributed by atoms with Gasteiger partial charge in [-0.15, -0.1) is 18.4 Å². The van der Waals surface area contributed by atoms with Crippen molar-refractivity contribution >= 4 is 141 Å². The van der Waals surface area contributed by atoms with Gasteiger partial charge in [-0.25, -0.2) is 4.98 Å². The molecule has 24 heteroatoms. The molecule has 0 aromatic carbocycles. The number of aromatic nitrogens is 4. The van der Waals surface area contributed by atoms with Crippen LogP contribution in [0.3, 0.4) is 0 Å². The molecule has 0 saturated carbocycles. The van der Waals surface area contributed by atoms with Gasteiger partial charge in [-0.2, -0.15) is 21.9 Å². The van der Waals surface area contributed by atoms with Crippen LogP contribution < -0.4 is 82.4 Å². The number of hydrogen-bond donors (Lipinski definition) is 2. The Bertz CT molecular complexity index is 2170. The van der Waals surface area contributed by atoms with Crippen molar-refractivity contribution in [3.05, 3.63) is 99.3 Å². The number of halogens is 8. The second-order valence-electron chi connectivity index (χ2n) is 10.9. The van der Waals surface area contributed by atoms with E-state index in [0.29, 0.717) is 66.7 Å². The minimum Gasteiger partial charge on any atom is -1.00 e. The van der Waals surface area contributed by atoms with Gasteiger partial charge in [0.25, 0.3) is 0 Å². The number of carbonyl (C=O) groups excluding carboxylic acids is 2. The van der Waals surface area contributed by atoms with Crippen LogP contribution in [-0.4, -0.2) is 83.4 Å². The Morgan fingerprint density at radius 1 is 0.806 bits per heavy atom. The Labute approximate surface area is 528 Å². The standard InChI is InChI=1S/C12H16ClNO2S.C7H7ClIN.C7H8ClNS.C5H2ClFIN.C5H10O2S.C4H8O.C2H5O.CH5N.ClH.2Na/c1-3-9-12(13)10(5-7-14-9)17-8-6-11(15)16-4-2;1-2-6-7(8)5(9)3-4-10-6;1-2-5-7(8)6(10)3-4-9-5;6-4-3(8)1-2-9-5(4)7;1-2-7-5(6)3-4-8;1-2-4-5-3-1;1-2-3;1-2;;;/h5,7H,3-4,6,8H2,1-2H3;3-4H,2H2,1H3;3-4H,2H2,1H3,(H,9,10);1-2H;8H,2-4H2,1H3;1-4H2;2H2,1H3;2H2,1H3;1H;;/q;;;;;;-1;;;2*+1/p-1/i3*1D3;;;;;1D3;;;. The van der Waals surface area contributed by atoms with Gasteiger partial charge in [0.05, 0.1) is 64.3 Å². The first-order valence-electron chi connectivity index (χ1n) is 24.8. The van der Waals surface area contributed by atoms with Crippen molar-refractivity contribution < 1.29 is 127 Å². The summed E-state index contributed by atoms with van der Waals surface area (Å²) >= 11 is 37.3. The van der Waals surface area contributed by atoms with Crippen LogP contribution in [-0.2, 0) is 55.7 Å². The van der Waals surface area contributed by atoms with Crippen molar-refractivity contribution in [1.29, 1.82) is 0 Å². The van der Waals surface area contributed by atoms with Crippen molar-refractivity contribution in [2.24, 2.45) is 0 Å². The zero-order valence-corrected chi connectivity index (χ0v) is 52.4. The summed E-state index contributed by atoms with van der Waals surface area (Å²) in [6.45, 7) is -0.233. The molecule has 0 atom stereocenters. The number of rotatable bonds is 11. The number of carbonyl (C=O) groups is 2. The molecule has 1 saturated heterocycles. The predicted octanol–water partition coefficient (Wildman–Crippen LogP) is 1.83. The SMILES string of the molecule is C1CCOC1.CCOC(=O)CCS.CC[O-].Fc1nccc(I)c1Cl.[2H]C([2H])([2H])Cc1nccc(I)c1Cl.[2H]C([2H])([2H])Cc1nccc(SCCC(=O)OCC)c1Cl.[2H]C([2H])([2H])Cc1nccc([S-])c1Cl.[2H]C([2H])([2H])[NH3+].[Cl-].[Na+].[Na+]. The molecule has 4 aromatic rings. The summed E-state index contributed by atoms with van der Waals surface area (Å²) in [5.41, 5.74) is 3.91. The first-order chi connectivity index (χ1) is 35.1. The van der Waals surface area contributed by atoms with E-state index >= 15 is 0 Å². The molecule has 0 radical (unpaired) electrons. The monoisotopic (exact) mass is 1350 g/mol. The van der Waals surface area contributed by atoms with E-state index in [2.05, 4.69) is 43.0 Å². The third kappa shape index (κ3) is 41.3. The fourth-order valence-corrected chi connectivity index (χ4v) is 6.50. The van der Waals surface area contributed by atoms with Crippen molar-refractivity contribution in [3.8, 4) is 0 Å². The summed E-state index contributed by atoms with van der Waals surface area (Å²) in [6.07, 6.45) is 8.80. The Kier molecular flexibility index (Phi) is 45.9. The van der Waals surface area contributed by atoms with E-state index in [0.717, 1.165) is 21.7 Å². The number of hydrogen-bond acceptors (Lipinski definition) is 13. The molecule has 0 spiro atoms. The number of nitrogens with zero attached hydrogens (tertiary/aromatic N) is 4. The summed E-state index contributed by atoms with van der Waals surface area (Å²) < 4.78 is 111. The fraction of sp³-hybridized carbons (Fsp3) is 0.488. The molecule has 370 valence electrons. The second kappa shape index (κ2) is 54.9. The molecule has 5 heterocycles. The molecule has 11 nitrogen and oxygen atoms in total. The van der Waals surface area contributed by atoms with Gasteiger partial charge in [0, 0.05) is 78.9 Å². The summed E-state index contributed by atoms with van der Waals surface area (Å²) in [5.74, 6) is 0.0631. The van der Waals surface area contributed by atoms with E-state index in [9.17, 15) is 14.0 Å². The van der Waals surface area contributed by atoms with E-state index in [4.69, 9.17) is 90.1 Å². The summed E-state index contributed by atoms with van der Waals surface area (Å²) in [5, 5.41) is 10.1. The number of esters is 2. The van der Waals surface area contributed by atoms with E-state index < -0.39 is 33.5 Å². The molecule has 1 fully saturated rings. The average molecular weight is 1350 g/mol. The van der Waals surface area contributed by atoms with E-state index in [-0.39, 0.29) is 126 Å². The Hall–Kier alpha value is 1.18. The van der Waals surface area contributed by atoms with Gasteiger partial charge >= 0.3 is 71.1 Å². The van der Waals surface area contributed by atoms with Crippen LogP contribution in [0.2, 0.25) is 20.1 Å². The quantitative estimate of drug-likeness (QED) is 0.0427. The zero-order chi connectivity index (χ0) is 59.3. The smallest absolute Gasteiger partial charge is 1.00 e. The van der Waals surface area contributed by atoms with Crippen LogP contribution in [0.5, 0.6) is 0 Å². The molecule has 0 aliphatic carbocycles. The Balaban J connectivity index is -0.000000202. The van der Waals surface area contributed by atoms with Crippen molar-refractivity contribution in [3.63, 3.8) is 0 Å². The van der Waals surface area contributed by atoms with Crippen molar-refractivity contribution in [2.75, 3.05) is 51.5 Å². The first kappa shape index (κ1) is 55.9. The molecular formula is C43H61Cl5FI2N5Na2O6S3. The zero-order valence-electron chi connectivity index (χ0n) is 49.8. The number of quaternary nitrogens is 1. The van der Waals surface area contributed by atoms with Gasteiger partial charge in [0.15, 0.2) is 0 Å². The largest absolute Gasteiger partial charge is 1.00 e. The van der Waals surface area contributed by atoms with Gasteiger partial charge in [0.2, 0.25) is 5.95 Å². The topological polar surface area (TPSA) is 164 Å². The molecule has 67 heavy (non-hydrogen) atoms. The fourth-order valence-electron chi connectivity index (χ4n) is 3.58. The molecular weight excluding hydrogens is 1270 g/mol. The van der Waals surface area contributed by atoms with Gasteiger partial charge in [-0.1, -0.05) is 79.9 Å². The van der Waals surface area contributed by atoms with Crippen LogP contribution in [0.25, 0.3) is 0 Å². The van der Waals surface area contributed by atoms with Crippen molar-refractivity contribution in [2.45, 2.75) is 96.1 Å². The van der Waals surface area contributed by atoms with Crippen LogP contribution in [0.1, 0.15) is 101 Å². The summed E-state index contributed by atoms with van der Waals surface area (Å²) in [7, 11) is 0. The van der Waals surface area contributed by atoms with Gasteiger partial charge in [0.1, 0.15) is 5.02 Å². The molecule has 1 aliphatic rings. The molecule has 1 aliphatic heterocycles. The van der Waals surface area contributed by atoms with Crippen LogP contribution in [0.15, 0.2) is 58.8 Å².